The molecule has 2 aromatic carbocycles. The molecule has 0 bridgehead atoms. The van der Waals surface area contributed by atoms with Crippen molar-refractivity contribution in [3.8, 4) is 11.1 Å². The SMILES string of the molecule is O=C(N[C@@H](CO)C(=O)OCC(Cl)(Cl)Cl)OCC1c2ccccc2-c2ccccc21. The number of alkyl halides is 3. The van der Waals surface area contributed by atoms with Crippen molar-refractivity contribution in [3.63, 3.8) is 0 Å². The molecule has 0 saturated carbocycles. The summed E-state index contributed by atoms with van der Waals surface area (Å²) in [5.74, 6) is -1.07. The van der Waals surface area contributed by atoms with Crippen molar-refractivity contribution in [1.29, 1.82) is 0 Å². The van der Waals surface area contributed by atoms with E-state index in [4.69, 9.17) is 44.3 Å². The zero-order valence-corrected chi connectivity index (χ0v) is 17.4. The Labute approximate surface area is 182 Å². The summed E-state index contributed by atoms with van der Waals surface area (Å²) < 4.78 is 8.29. The Balaban J connectivity index is 1.61. The van der Waals surface area contributed by atoms with Gasteiger partial charge in [0.1, 0.15) is 13.2 Å². The lowest BCUT2D eigenvalue weighted by molar-refractivity contribution is -0.146. The molecule has 3 rings (SSSR count). The fourth-order valence-electron chi connectivity index (χ4n) is 3.21. The van der Waals surface area contributed by atoms with Crippen LogP contribution < -0.4 is 5.32 Å². The smallest absolute Gasteiger partial charge is 0.407 e. The molecule has 9 heteroatoms. The van der Waals surface area contributed by atoms with E-state index in [2.05, 4.69) is 5.32 Å². The number of rotatable bonds is 6. The Bertz CT molecular complexity index is 854. The molecular formula is C20H18Cl3NO5. The predicted molar refractivity (Wildman–Crippen MR) is 110 cm³/mol. The van der Waals surface area contributed by atoms with Gasteiger partial charge in [-0.2, -0.15) is 0 Å². The summed E-state index contributed by atoms with van der Waals surface area (Å²) in [6.45, 7) is -1.14. The molecule has 0 unspecified atom stereocenters. The van der Waals surface area contributed by atoms with E-state index in [-0.39, 0.29) is 12.5 Å². The van der Waals surface area contributed by atoms with Crippen LogP contribution in [-0.4, -0.2) is 46.8 Å². The van der Waals surface area contributed by atoms with Crippen LogP contribution in [0.1, 0.15) is 17.0 Å². The van der Waals surface area contributed by atoms with Gasteiger partial charge < -0.3 is 19.9 Å². The second kappa shape index (κ2) is 9.22. The largest absolute Gasteiger partial charge is 0.460 e. The lowest BCUT2D eigenvalue weighted by Gasteiger charge is -2.19. The summed E-state index contributed by atoms with van der Waals surface area (Å²) in [7, 11) is 0. The highest BCUT2D eigenvalue weighted by molar-refractivity contribution is 6.67. The van der Waals surface area contributed by atoms with Gasteiger partial charge in [-0.15, -0.1) is 0 Å². The first-order valence-electron chi connectivity index (χ1n) is 8.76. The molecule has 154 valence electrons. The number of carbonyl (C=O) groups excluding carboxylic acids is 2. The molecule has 2 N–H and O–H groups in total. The van der Waals surface area contributed by atoms with Gasteiger partial charge in [-0.05, 0) is 22.3 Å². The first-order chi connectivity index (χ1) is 13.8. The molecular weight excluding hydrogens is 441 g/mol. The zero-order valence-electron chi connectivity index (χ0n) is 15.1. The van der Waals surface area contributed by atoms with Gasteiger partial charge >= 0.3 is 12.1 Å². The second-order valence-electron chi connectivity index (χ2n) is 6.43. The number of halogens is 3. The topological polar surface area (TPSA) is 84.9 Å². The Morgan fingerprint density at radius 2 is 1.55 bits per heavy atom. The minimum absolute atomic E-state index is 0.0706. The predicted octanol–water partition coefficient (Wildman–Crippen LogP) is 3.80. The Morgan fingerprint density at radius 3 is 2.07 bits per heavy atom. The first kappa shape index (κ1) is 21.7. The van der Waals surface area contributed by atoms with Gasteiger partial charge in [-0.1, -0.05) is 83.3 Å². The van der Waals surface area contributed by atoms with Crippen molar-refractivity contribution in [2.24, 2.45) is 0 Å². The molecule has 1 aliphatic rings. The van der Waals surface area contributed by atoms with E-state index in [0.29, 0.717) is 0 Å². The van der Waals surface area contributed by atoms with Gasteiger partial charge in [0.25, 0.3) is 0 Å². The van der Waals surface area contributed by atoms with E-state index in [1.54, 1.807) is 0 Å². The van der Waals surface area contributed by atoms with Crippen molar-refractivity contribution in [1.82, 2.24) is 5.32 Å². The standard InChI is InChI=1S/C20H18Cl3NO5/c21-20(22,23)11-29-18(26)17(9-25)24-19(27)28-10-16-14-7-3-1-5-12(14)13-6-2-4-8-15(13)16/h1-8,16-17,25H,9-11H2,(H,24,27)/t17-/m0/s1. The monoisotopic (exact) mass is 457 g/mol. The molecule has 1 amide bonds. The van der Waals surface area contributed by atoms with E-state index in [0.717, 1.165) is 22.3 Å². The van der Waals surface area contributed by atoms with Crippen LogP contribution in [0.3, 0.4) is 0 Å². The molecule has 0 radical (unpaired) electrons. The molecule has 0 saturated heterocycles. The molecule has 1 atom stereocenters. The van der Waals surface area contributed by atoms with E-state index in [1.807, 2.05) is 48.5 Å². The van der Waals surface area contributed by atoms with Crippen LogP contribution >= 0.6 is 34.8 Å². The number of esters is 1. The third-order valence-corrected chi connectivity index (χ3v) is 4.81. The van der Waals surface area contributed by atoms with Crippen LogP contribution in [0.4, 0.5) is 4.79 Å². The average Bonchev–Trinajstić information content (AvgIpc) is 3.02. The molecule has 6 nitrogen and oxygen atoms in total. The number of nitrogens with one attached hydrogen (secondary N) is 1. The maximum Gasteiger partial charge on any atom is 0.407 e. The zero-order chi connectivity index (χ0) is 21.0. The van der Waals surface area contributed by atoms with E-state index >= 15 is 0 Å². The van der Waals surface area contributed by atoms with Crippen molar-refractivity contribution in [2.75, 3.05) is 19.8 Å². The number of aliphatic hydroxyl groups is 1. The summed E-state index contributed by atoms with van der Waals surface area (Å²) >= 11 is 16.5. The van der Waals surface area contributed by atoms with Crippen molar-refractivity contribution < 1.29 is 24.2 Å². The minimum Gasteiger partial charge on any atom is -0.460 e. The minimum atomic E-state index is -1.79. The summed E-state index contributed by atoms with van der Waals surface area (Å²) in [5.41, 5.74) is 4.31. The number of hydrogen-bond acceptors (Lipinski definition) is 5. The molecule has 2 aromatic rings. The van der Waals surface area contributed by atoms with Crippen LogP contribution in [0.5, 0.6) is 0 Å². The Hall–Kier alpha value is -1.99. The fourth-order valence-corrected chi connectivity index (χ4v) is 3.38. The van der Waals surface area contributed by atoms with Crippen molar-refractivity contribution in [2.45, 2.75) is 15.8 Å². The molecule has 0 aromatic heterocycles. The highest BCUT2D eigenvalue weighted by Gasteiger charge is 2.30. The van der Waals surface area contributed by atoms with Crippen molar-refractivity contribution >= 4 is 46.9 Å². The van der Waals surface area contributed by atoms with E-state index in [1.165, 1.54) is 0 Å². The summed E-state index contributed by atoms with van der Waals surface area (Å²) in [6, 6.07) is 14.5. The van der Waals surface area contributed by atoms with Gasteiger partial charge in [-0.25, -0.2) is 9.59 Å². The number of benzene rings is 2. The molecule has 0 aliphatic heterocycles. The number of aliphatic hydroxyl groups excluding tert-OH is 1. The highest BCUT2D eigenvalue weighted by atomic mass is 35.6. The van der Waals surface area contributed by atoms with Crippen LogP contribution in [0.2, 0.25) is 0 Å². The average molecular weight is 459 g/mol. The summed E-state index contributed by atoms with van der Waals surface area (Å²) in [4.78, 5) is 24.1. The number of fused-ring (bicyclic) bond motifs is 3. The van der Waals surface area contributed by atoms with Gasteiger partial charge in [0.2, 0.25) is 3.79 Å². The number of hydrogen-bond donors (Lipinski definition) is 2. The molecule has 0 fully saturated rings. The number of alkyl carbamates (subject to hydrolysis) is 1. The van der Waals surface area contributed by atoms with E-state index in [9.17, 15) is 14.7 Å². The number of carbonyl (C=O) groups is 2. The van der Waals surface area contributed by atoms with Crippen LogP contribution in [0, 0.1) is 0 Å². The molecule has 1 aliphatic carbocycles. The normalized spacial score (nSPS) is 13.9. The van der Waals surface area contributed by atoms with Crippen LogP contribution in [0.15, 0.2) is 48.5 Å². The van der Waals surface area contributed by atoms with Crippen LogP contribution in [-0.2, 0) is 14.3 Å². The quantitative estimate of drug-likeness (QED) is 0.508. The van der Waals surface area contributed by atoms with E-state index < -0.39 is 35.1 Å². The van der Waals surface area contributed by atoms with Crippen molar-refractivity contribution in [3.05, 3.63) is 59.7 Å². The Kier molecular flexibility index (Phi) is 6.90. The number of ether oxygens (including phenoxy) is 2. The maximum atomic E-state index is 12.2. The van der Waals surface area contributed by atoms with Gasteiger partial charge in [0.05, 0.1) is 6.61 Å². The Morgan fingerprint density at radius 1 is 1.00 bits per heavy atom. The van der Waals surface area contributed by atoms with Gasteiger partial charge in [0, 0.05) is 5.92 Å². The number of amides is 1. The van der Waals surface area contributed by atoms with Crippen LogP contribution in [0.25, 0.3) is 11.1 Å². The summed E-state index contributed by atoms with van der Waals surface area (Å²) in [6.07, 6.45) is -0.864. The van der Waals surface area contributed by atoms with Gasteiger partial charge in [0.15, 0.2) is 6.04 Å². The highest BCUT2D eigenvalue weighted by Crippen LogP contribution is 2.44. The second-order valence-corrected chi connectivity index (χ2v) is 8.94. The first-order valence-corrected chi connectivity index (χ1v) is 9.89. The maximum absolute atomic E-state index is 12.2. The third-order valence-electron chi connectivity index (χ3n) is 4.48. The lowest BCUT2D eigenvalue weighted by atomic mass is 9.98. The fraction of sp³-hybridized carbons (Fsp3) is 0.300. The van der Waals surface area contributed by atoms with Gasteiger partial charge in [-0.3, -0.25) is 0 Å². The third kappa shape index (κ3) is 5.34. The molecule has 29 heavy (non-hydrogen) atoms. The molecule has 0 heterocycles. The summed E-state index contributed by atoms with van der Waals surface area (Å²) in [5, 5.41) is 11.6. The lowest BCUT2D eigenvalue weighted by Crippen LogP contribution is -2.45. The molecule has 0 spiro atoms.